The van der Waals surface area contributed by atoms with Crippen molar-refractivity contribution in [3.8, 4) is 0 Å². The molecule has 0 aromatic carbocycles. The first-order chi connectivity index (χ1) is 13.7. The summed E-state index contributed by atoms with van der Waals surface area (Å²) in [5, 5.41) is 2.59. The molecular formula is C18H16ClF3N4O2S. The number of nitrogens with one attached hydrogen (secondary N) is 1. The first-order valence-corrected chi connectivity index (χ1v) is 10.0. The summed E-state index contributed by atoms with van der Waals surface area (Å²) >= 11 is 6.88. The van der Waals surface area contributed by atoms with Crippen molar-refractivity contribution >= 4 is 41.0 Å². The van der Waals surface area contributed by atoms with Gasteiger partial charge in [-0.25, -0.2) is 9.97 Å². The van der Waals surface area contributed by atoms with Gasteiger partial charge in [0.2, 0.25) is 5.91 Å². The molecule has 0 saturated carbocycles. The number of rotatable bonds is 5. The number of amides is 2. The minimum absolute atomic E-state index is 0.0501. The van der Waals surface area contributed by atoms with Crippen LogP contribution in [-0.2, 0) is 11.0 Å². The van der Waals surface area contributed by atoms with Crippen molar-refractivity contribution in [1.29, 1.82) is 0 Å². The highest BCUT2D eigenvalue weighted by Gasteiger charge is 2.31. The van der Waals surface area contributed by atoms with Crippen LogP contribution in [-0.4, -0.2) is 45.5 Å². The molecule has 2 amide bonds. The van der Waals surface area contributed by atoms with Gasteiger partial charge in [0.1, 0.15) is 0 Å². The second-order valence-electron chi connectivity index (χ2n) is 6.27. The summed E-state index contributed by atoms with van der Waals surface area (Å²) in [5.74, 6) is -0.758. The van der Waals surface area contributed by atoms with Crippen LogP contribution in [0.2, 0.25) is 5.02 Å². The van der Waals surface area contributed by atoms with Crippen molar-refractivity contribution in [1.82, 2.24) is 14.9 Å². The Morgan fingerprint density at radius 2 is 1.90 bits per heavy atom. The predicted molar refractivity (Wildman–Crippen MR) is 103 cm³/mol. The van der Waals surface area contributed by atoms with Gasteiger partial charge in [-0.05, 0) is 31.0 Å². The van der Waals surface area contributed by atoms with Crippen LogP contribution in [0, 0.1) is 0 Å². The molecule has 1 aliphatic rings. The van der Waals surface area contributed by atoms with Gasteiger partial charge in [0.05, 0.1) is 26.9 Å². The second kappa shape index (κ2) is 9.00. The van der Waals surface area contributed by atoms with E-state index in [2.05, 4.69) is 15.3 Å². The smallest absolute Gasteiger partial charge is 0.339 e. The zero-order chi connectivity index (χ0) is 21.0. The maximum atomic E-state index is 12.6. The largest absolute Gasteiger partial charge is 0.417 e. The average molecular weight is 445 g/mol. The number of carbonyl (C=O) groups is 2. The number of nitrogens with zero attached hydrogens (tertiary/aromatic N) is 3. The molecule has 1 fully saturated rings. The van der Waals surface area contributed by atoms with Crippen molar-refractivity contribution in [2.24, 2.45) is 0 Å². The number of thioether (sulfide) groups is 1. The van der Waals surface area contributed by atoms with Crippen LogP contribution in [0.1, 0.15) is 28.8 Å². The standard InChI is InChI=1S/C18H16ClF3N4O2S/c19-13-7-12(18(20,21)22)9-24-16(13)25-14(27)10-29-15-4-3-11(8-23-15)17(28)26-5-1-2-6-26/h3-4,7-9H,1-2,5-6,10H2,(H,24,25,27). The number of alkyl halides is 3. The Morgan fingerprint density at radius 3 is 2.48 bits per heavy atom. The van der Waals surface area contributed by atoms with Crippen LogP contribution in [0.4, 0.5) is 19.0 Å². The molecule has 154 valence electrons. The second-order valence-corrected chi connectivity index (χ2v) is 7.68. The third-order valence-corrected chi connectivity index (χ3v) is 5.39. The van der Waals surface area contributed by atoms with Crippen LogP contribution < -0.4 is 5.32 Å². The van der Waals surface area contributed by atoms with E-state index in [-0.39, 0.29) is 22.5 Å². The molecule has 0 atom stereocenters. The number of likely N-dealkylation sites (tertiary alicyclic amines) is 1. The van der Waals surface area contributed by atoms with E-state index in [9.17, 15) is 22.8 Å². The van der Waals surface area contributed by atoms with E-state index < -0.39 is 17.6 Å². The number of anilines is 1. The average Bonchev–Trinajstić information content (AvgIpc) is 3.22. The maximum Gasteiger partial charge on any atom is 0.417 e. The molecule has 1 aliphatic heterocycles. The van der Waals surface area contributed by atoms with Crippen molar-refractivity contribution in [3.05, 3.63) is 46.7 Å². The van der Waals surface area contributed by atoms with Gasteiger partial charge in [-0.1, -0.05) is 23.4 Å². The molecule has 2 aromatic rings. The van der Waals surface area contributed by atoms with Crippen LogP contribution in [0.25, 0.3) is 0 Å². The van der Waals surface area contributed by atoms with E-state index in [1.165, 1.54) is 6.20 Å². The van der Waals surface area contributed by atoms with E-state index in [1.807, 2.05) is 0 Å². The summed E-state index contributed by atoms with van der Waals surface area (Å²) in [6, 6.07) is 4.00. The Morgan fingerprint density at radius 1 is 1.17 bits per heavy atom. The Balaban J connectivity index is 1.53. The first-order valence-electron chi connectivity index (χ1n) is 8.65. The molecule has 1 N–H and O–H groups in total. The lowest BCUT2D eigenvalue weighted by Gasteiger charge is -2.14. The van der Waals surface area contributed by atoms with Crippen molar-refractivity contribution in [2.75, 3.05) is 24.2 Å². The van der Waals surface area contributed by atoms with Crippen LogP contribution in [0.5, 0.6) is 0 Å². The molecule has 0 bridgehead atoms. The zero-order valence-electron chi connectivity index (χ0n) is 15.0. The number of halogens is 4. The molecule has 29 heavy (non-hydrogen) atoms. The Kier molecular flexibility index (Phi) is 6.63. The minimum atomic E-state index is -4.57. The third-order valence-electron chi connectivity index (χ3n) is 4.15. The summed E-state index contributed by atoms with van der Waals surface area (Å²) < 4.78 is 37.8. The number of aromatic nitrogens is 2. The highest BCUT2D eigenvalue weighted by atomic mass is 35.5. The van der Waals surface area contributed by atoms with Crippen molar-refractivity contribution in [2.45, 2.75) is 24.0 Å². The summed E-state index contributed by atoms with van der Waals surface area (Å²) in [6.45, 7) is 1.49. The van der Waals surface area contributed by atoms with Gasteiger partial charge in [0.25, 0.3) is 5.91 Å². The topological polar surface area (TPSA) is 75.2 Å². The van der Waals surface area contributed by atoms with E-state index >= 15 is 0 Å². The highest BCUT2D eigenvalue weighted by molar-refractivity contribution is 7.99. The maximum absolute atomic E-state index is 12.6. The molecule has 1 saturated heterocycles. The number of carbonyl (C=O) groups excluding carboxylic acids is 2. The Hall–Kier alpha value is -2.33. The molecule has 0 unspecified atom stereocenters. The monoisotopic (exact) mass is 444 g/mol. The summed E-state index contributed by atoms with van der Waals surface area (Å²) in [7, 11) is 0. The molecule has 0 radical (unpaired) electrons. The number of hydrogen-bond donors (Lipinski definition) is 1. The van der Waals surface area contributed by atoms with Crippen LogP contribution in [0.3, 0.4) is 0 Å². The number of pyridine rings is 2. The molecule has 0 spiro atoms. The molecule has 3 rings (SSSR count). The van der Waals surface area contributed by atoms with E-state index in [0.29, 0.717) is 22.9 Å². The fraction of sp³-hybridized carbons (Fsp3) is 0.333. The number of hydrogen-bond acceptors (Lipinski definition) is 5. The summed E-state index contributed by atoms with van der Waals surface area (Å²) in [4.78, 5) is 33.8. The fourth-order valence-electron chi connectivity index (χ4n) is 2.69. The lowest BCUT2D eigenvalue weighted by molar-refractivity contribution is -0.137. The Bertz CT molecular complexity index is 903. The van der Waals surface area contributed by atoms with Gasteiger partial charge in [-0.15, -0.1) is 0 Å². The van der Waals surface area contributed by atoms with Crippen LogP contribution >= 0.6 is 23.4 Å². The summed E-state index contributed by atoms with van der Waals surface area (Å²) in [6.07, 6.45) is -0.495. The molecule has 2 aromatic heterocycles. The van der Waals surface area contributed by atoms with Crippen LogP contribution in [0.15, 0.2) is 35.6 Å². The normalized spacial score (nSPS) is 14.1. The van der Waals surface area contributed by atoms with E-state index in [4.69, 9.17) is 11.6 Å². The molecular weight excluding hydrogens is 429 g/mol. The van der Waals surface area contributed by atoms with Gasteiger partial charge < -0.3 is 10.2 Å². The van der Waals surface area contributed by atoms with Gasteiger partial charge in [0.15, 0.2) is 5.82 Å². The molecule has 3 heterocycles. The molecule has 11 heteroatoms. The first kappa shape index (κ1) is 21.4. The molecule has 6 nitrogen and oxygen atoms in total. The van der Waals surface area contributed by atoms with E-state index in [0.717, 1.165) is 37.7 Å². The van der Waals surface area contributed by atoms with E-state index in [1.54, 1.807) is 17.0 Å². The quantitative estimate of drug-likeness (QED) is 0.702. The lowest BCUT2D eigenvalue weighted by atomic mass is 10.2. The fourth-order valence-corrected chi connectivity index (χ4v) is 3.54. The highest BCUT2D eigenvalue weighted by Crippen LogP contribution is 2.32. The van der Waals surface area contributed by atoms with Gasteiger partial charge in [-0.3, -0.25) is 9.59 Å². The van der Waals surface area contributed by atoms with Gasteiger partial charge in [0, 0.05) is 25.5 Å². The Labute approximate surface area is 173 Å². The third kappa shape index (κ3) is 5.60. The minimum Gasteiger partial charge on any atom is -0.339 e. The SMILES string of the molecule is O=C(CSc1ccc(C(=O)N2CCCC2)cn1)Nc1ncc(C(F)(F)F)cc1Cl. The predicted octanol–water partition coefficient (Wildman–Crippen LogP) is 4.12. The van der Waals surface area contributed by atoms with Crippen molar-refractivity contribution in [3.63, 3.8) is 0 Å². The lowest BCUT2D eigenvalue weighted by Crippen LogP contribution is -2.27. The van der Waals surface area contributed by atoms with Gasteiger partial charge >= 0.3 is 6.18 Å². The zero-order valence-corrected chi connectivity index (χ0v) is 16.6. The van der Waals surface area contributed by atoms with Gasteiger partial charge in [-0.2, -0.15) is 13.2 Å². The summed E-state index contributed by atoms with van der Waals surface area (Å²) in [5.41, 5.74) is -0.510. The molecule has 0 aliphatic carbocycles. The van der Waals surface area contributed by atoms with Crippen molar-refractivity contribution < 1.29 is 22.8 Å².